The molecule has 0 aliphatic rings. The number of phenols is 1. The van der Waals surface area contributed by atoms with E-state index in [4.69, 9.17) is 27.9 Å². The van der Waals surface area contributed by atoms with Gasteiger partial charge in [0.2, 0.25) is 0 Å². The summed E-state index contributed by atoms with van der Waals surface area (Å²) in [7, 11) is 0. The predicted molar refractivity (Wildman–Crippen MR) is 58.5 cm³/mol. The first kappa shape index (κ1) is 11.5. The fourth-order valence-corrected chi connectivity index (χ4v) is 1.26. The van der Waals surface area contributed by atoms with Crippen LogP contribution in [0.25, 0.3) is 0 Å². The zero-order valence-corrected chi connectivity index (χ0v) is 9.56. The first-order chi connectivity index (χ1) is 6.52. The Morgan fingerprint density at radius 2 is 1.93 bits per heavy atom. The van der Waals surface area contributed by atoms with Gasteiger partial charge >= 0.3 is 0 Å². The number of phenolic OH excluding ortho intramolecular Hbond substituents is 1. The second-order valence-electron chi connectivity index (χ2n) is 3.42. The van der Waals surface area contributed by atoms with Gasteiger partial charge in [-0.05, 0) is 18.1 Å². The average molecular weight is 235 g/mol. The van der Waals surface area contributed by atoms with Gasteiger partial charge in [-0.2, -0.15) is 0 Å². The van der Waals surface area contributed by atoms with Crippen LogP contribution in [0, 0.1) is 5.92 Å². The lowest BCUT2D eigenvalue weighted by Crippen LogP contribution is -2.04. The summed E-state index contributed by atoms with van der Waals surface area (Å²) in [6.45, 7) is 4.65. The maximum absolute atomic E-state index is 9.23. The minimum Gasteiger partial charge on any atom is -0.506 e. The number of ether oxygens (including phenoxy) is 1. The topological polar surface area (TPSA) is 29.5 Å². The van der Waals surface area contributed by atoms with E-state index in [1.54, 1.807) is 6.07 Å². The molecule has 0 bridgehead atoms. The largest absolute Gasteiger partial charge is 0.506 e. The highest BCUT2D eigenvalue weighted by Gasteiger charge is 2.10. The van der Waals surface area contributed by atoms with Crippen molar-refractivity contribution in [3.05, 3.63) is 22.2 Å². The Bertz CT molecular complexity index is 324. The van der Waals surface area contributed by atoms with E-state index in [9.17, 15) is 5.11 Å². The quantitative estimate of drug-likeness (QED) is 0.864. The molecule has 0 aliphatic heterocycles. The van der Waals surface area contributed by atoms with Crippen molar-refractivity contribution in [2.45, 2.75) is 13.8 Å². The summed E-state index contributed by atoms with van der Waals surface area (Å²) in [5.74, 6) is 0.885. The van der Waals surface area contributed by atoms with Crippen LogP contribution in [0.3, 0.4) is 0 Å². The Kier molecular flexibility index (Phi) is 3.90. The molecule has 2 nitrogen and oxygen atoms in total. The van der Waals surface area contributed by atoms with Crippen LogP contribution >= 0.6 is 23.2 Å². The van der Waals surface area contributed by atoms with Crippen molar-refractivity contribution in [3.8, 4) is 11.5 Å². The Labute approximate surface area is 93.4 Å². The number of benzene rings is 1. The van der Waals surface area contributed by atoms with Crippen LogP contribution in [0.5, 0.6) is 11.5 Å². The van der Waals surface area contributed by atoms with Crippen molar-refractivity contribution < 1.29 is 9.84 Å². The summed E-state index contributed by atoms with van der Waals surface area (Å²) in [4.78, 5) is 0. The molecule has 1 N–H and O–H groups in total. The summed E-state index contributed by atoms with van der Waals surface area (Å²) < 4.78 is 5.41. The predicted octanol–water partition coefficient (Wildman–Crippen LogP) is 3.73. The van der Waals surface area contributed by atoms with E-state index in [2.05, 4.69) is 0 Å². The molecule has 14 heavy (non-hydrogen) atoms. The molecule has 78 valence electrons. The highest BCUT2D eigenvalue weighted by Crippen LogP contribution is 2.38. The lowest BCUT2D eigenvalue weighted by atomic mass is 10.2. The van der Waals surface area contributed by atoms with Crippen molar-refractivity contribution in [2.75, 3.05) is 6.61 Å². The first-order valence-corrected chi connectivity index (χ1v) is 5.07. The molecular weight excluding hydrogens is 223 g/mol. The summed E-state index contributed by atoms with van der Waals surface area (Å²) in [6, 6.07) is 3.07. The van der Waals surface area contributed by atoms with Crippen LogP contribution in [0.2, 0.25) is 10.0 Å². The fourth-order valence-electron chi connectivity index (χ4n) is 0.889. The van der Waals surface area contributed by atoms with Crippen molar-refractivity contribution in [2.24, 2.45) is 5.92 Å². The van der Waals surface area contributed by atoms with Crippen molar-refractivity contribution in [1.29, 1.82) is 0 Å². The molecule has 0 saturated carbocycles. The molecule has 0 radical (unpaired) electrons. The third-order valence-corrected chi connectivity index (χ3v) is 2.45. The number of aromatic hydroxyl groups is 1. The molecule has 0 fully saturated rings. The fraction of sp³-hybridized carbons (Fsp3) is 0.400. The molecule has 0 heterocycles. The lowest BCUT2D eigenvalue weighted by Gasteiger charge is -2.11. The smallest absolute Gasteiger partial charge is 0.139 e. The summed E-state index contributed by atoms with van der Waals surface area (Å²) in [6.07, 6.45) is 0. The Hall–Kier alpha value is -0.600. The van der Waals surface area contributed by atoms with Gasteiger partial charge in [0.15, 0.2) is 0 Å². The normalized spacial score (nSPS) is 10.6. The van der Waals surface area contributed by atoms with E-state index in [0.29, 0.717) is 18.3 Å². The maximum Gasteiger partial charge on any atom is 0.139 e. The second kappa shape index (κ2) is 4.76. The molecule has 1 aromatic carbocycles. The lowest BCUT2D eigenvalue weighted by molar-refractivity contribution is 0.271. The van der Waals surface area contributed by atoms with Crippen LogP contribution in [-0.2, 0) is 0 Å². The molecule has 1 rings (SSSR count). The molecule has 1 aromatic rings. The molecule has 0 amide bonds. The average Bonchev–Trinajstić information content (AvgIpc) is 2.13. The first-order valence-electron chi connectivity index (χ1n) is 4.32. The second-order valence-corrected chi connectivity index (χ2v) is 4.17. The van der Waals surface area contributed by atoms with Gasteiger partial charge < -0.3 is 9.84 Å². The van der Waals surface area contributed by atoms with E-state index in [1.807, 2.05) is 13.8 Å². The van der Waals surface area contributed by atoms with Gasteiger partial charge in [-0.1, -0.05) is 37.0 Å². The van der Waals surface area contributed by atoms with Gasteiger partial charge in [0, 0.05) is 0 Å². The molecular formula is C10H12Cl2O2. The Morgan fingerprint density at radius 3 is 2.50 bits per heavy atom. The SMILES string of the molecule is CC(C)COc1ccc(O)c(Cl)c1Cl. The minimum atomic E-state index is -0.0337. The summed E-state index contributed by atoms with van der Waals surface area (Å²) >= 11 is 11.6. The van der Waals surface area contributed by atoms with Crippen molar-refractivity contribution in [1.82, 2.24) is 0 Å². The van der Waals surface area contributed by atoms with Gasteiger partial charge in [0.25, 0.3) is 0 Å². The van der Waals surface area contributed by atoms with Crippen LogP contribution in [0.1, 0.15) is 13.8 Å². The highest BCUT2D eigenvalue weighted by molar-refractivity contribution is 6.43. The summed E-state index contributed by atoms with van der Waals surface area (Å²) in [5.41, 5.74) is 0. The van der Waals surface area contributed by atoms with Crippen molar-refractivity contribution in [3.63, 3.8) is 0 Å². The highest BCUT2D eigenvalue weighted by atomic mass is 35.5. The number of rotatable bonds is 3. The molecule has 0 aromatic heterocycles. The summed E-state index contributed by atoms with van der Waals surface area (Å²) in [5, 5.41) is 9.62. The van der Waals surface area contributed by atoms with Gasteiger partial charge in [-0.15, -0.1) is 0 Å². The molecule has 0 unspecified atom stereocenters. The standard InChI is InChI=1S/C10H12Cl2O2/c1-6(2)5-14-8-4-3-7(13)9(11)10(8)12/h3-4,6,13H,5H2,1-2H3. The third kappa shape index (κ3) is 2.69. The zero-order chi connectivity index (χ0) is 10.7. The van der Waals surface area contributed by atoms with Crippen LogP contribution in [0.4, 0.5) is 0 Å². The van der Waals surface area contributed by atoms with E-state index >= 15 is 0 Å². The number of hydrogen-bond acceptors (Lipinski definition) is 2. The molecule has 0 atom stereocenters. The van der Waals surface area contributed by atoms with Gasteiger partial charge in [0.1, 0.15) is 21.5 Å². The van der Waals surface area contributed by atoms with Gasteiger partial charge in [-0.3, -0.25) is 0 Å². The number of hydrogen-bond donors (Lipinski definition) is 1. The van der Waals surface area contributed by atoms with E-state index in [-0.39, 0.29) is 15.8 Å². The Morgan fingerprint density at radius 1 is 1.29 bits per heavy atom. The molecule has 0 spiro atoms. The van der Waals surface area contributed by atoms with Crippen LogP contribution in [-0.4, -0.2) is 11.7 Å². The Balaban J connectivity index is 2.83. The van der Waals surface area contributed by atoms with Gasteiger partial charge in [0.05, 0.1) is 6.61 Å². The molecule has 0 saturated heterocycles. The van der Waals surface area contributed by atoms with E-state index < -0.39 is 0 Å². The monoisotopic (exact) mass is 234 g/mol. The third-order valence-electron chi connectivity index (χ3n) is 1.60. The maximum atomic E-state index is 9.23. The molecule has 0 aliphatic carbocycles. The minimum absolute atomic E-state index is 0.0337. The van der Waals surface area contributed by atoms with Crippen LogP contribution < -0.4 is 4.74 Å². The van der Waals surface area contributed by atoms with Gasteiger partial charge in [-0.25, -0.2) is 0 Å². The zero-order valence-electron chi connectivity index (χ0n) is 8.05. The van der Waals surface area contributed by atoms with Crippen molar-refractivity contribution >= 4 is 23.2 Å². The van der Waals surface area contributed by atoms with Crippen LogP contribution in [0.15, 0.2) is 12.1 Å². The van der Waals surface area contributed by atoms with E-state index in [1.165, 1.54) is 6.07 Å². The molecule has 4 heteroatoms. The van der Waals surface area contributed by atoms with E-state index in [0.717, 1.165) is 0 Å². The number of halogens is 2.